The van der Waals surface area contributed by atoms with Crippen molar-refractivity contribution in [1.29, 1.82) is 0 Å². The zero-order chi connectivity index (χ0) is 16.8. The normalized spacial score (nSPS) is 11.9. The first-order valence-corrected chi connectivity index (χ1v) is 7.38. The Morgan fingerprint density at radius 1 is 1.30 bits per heavy atom. The number of carbonyl (C=O) groups excluding carboxylic acids is 1. The van der Waals surface area contributed by atoms with E-state index in [1.54, 1.807) is 37.3 Å². The number of benzene rings is 1. The molecule has 6 nitrogen and oxygen atoms in total. The molecule has 0 aliphatic heterocycles. The smallest absolute Gasteiger partial charge is 0.321 e. The molecule has 0 fully saturated rings. The summed E-state index contributed by atoms with van der Waals surface area (Å²) < 4.78 is 5.12. The Labute approximate surface area is 138 Å². The number of furan rings is 1. The van der Waals surface area contributed by atoms with Crippen LogP contribution in [0.2, 0.25) is 5.02 Å². The number of aliphatic carboxylic acids is 1. The first-order valence-electron chi connectivity index (χ1n) is 7.01. The van der Waals surface area contributed by atoms with Gasteiger partial charge in [-0.05, 0) is 36.8 Å². The maximum atomic E-state index is 12.1. The molecule has 1 aromatic heterocycles. The Kier molecular flexibility index (Phi) is 5.78. The lowest BCUT2D eigenvalue weighted by Crippen LogP contribution is -2.39. The molecule has 0 saturated heterocycles. The molecule has 23 heavy (non-hydrogen) atoms. The van der Waals surface area contributed by atoms with Crippen LogP contribution in [0.15, 0.2) is 41.0 Å². The first kappa shape index (κ1) is 17.1. The third-order valence-corrected chi connectivity index (χ3v) is 3.74. The highest BCUT2D eigenvalue weighted by atomic mass is 35.5. The summed E-state index contributed by atoms with van der Waals surface area (Å²) in [6, 6.07) is 7.57. The van der Waals surface area contributed by atoms with Crippen molar-refractivity contribution in [3.8, 4) is 0 Å². The summed E-state index contributed by atoms with van der Waals surface area (Å²) in [4.78, 5) is 23.3. The SMILES string of the molecule is Cc1c(Cl)cccc1NC(=O)C[C@@H](NCc1ccco1)C(=O)O. The van der Waals surface area contributed by atoms with E-state index >= 15 is 0 Å². The van der Waals surface area contributed by atoms with Crippen molar-refractivity contribution in [2.45, 2.75) is 25.9 Å². The van der Waals surface area contributed by atoms with Gasteiger partial charge in [0, 0.05) is 10.7 Å². The number of carbonyl (C=O) groups is 2. The number of hydrogen-bond acceptors (Lipinski definition) is 4. The molecule has 0 unspecified atom stereocenters. The fraction of sp³-hybridized carbons (Fsp3) is 0.250. The quantitative estimate of drug-likeness (QED) is 0.723. The Balaban J connectivity index is 1.95. The van der Waals surface area contributed by atoms with E-state index in [0.29, 0.717) is 16.5 Å². The standard InChI is InChI=1S/C16H17ClN2O4/c1-10-12(17)5-2-6-13(10)19-15(20)8-14(16(21)22)18-9-11-4-3-7-23-11/h2-7,14,18H,8-9H2,1H3,(H,19,20)(H,21,22)/t14-/m1/s1. The molecule has 7 heteroatoms. The van der Waals surface area contributed by atoms with Gasteiger partial charge in [0.15, 0.2) is 0 Å². The van der Waals surface area contributed by atoms with Crippen molar-refractivity contribution in [2.24, 2.45) is 0 Å². The zero-order valence-electron chi connectivity index (χ0n) is 12.5. The van der Waals surface area contributed by atoms with E-state index in [1.807, 2.05) is 0 Å². The highest BCUT2D eigenvalue weighted by molar-refractivity contribution is 6.31. The van der Waals surface area contributed by atoms with Gasteiger partial charge in [-0.25, -0.2) is 0 Å². The maximum Gasteiger partial charge on any atom is 0.321 e. The van der Waals surface area contributed by atoms with Crippen LogP contribution in [0.25, 0.3) is 0 Å². The highest BCUT2D eigenvalue weighted by Crippen LogP contribution is 2.23. The van der Waals surface area contributed by atoms with Crippen molar-refractivity contribution in [3.63, 3.8) is 0 Å². The van der Waals surface area contributed by atoms with Gasteiger partial charge in [-0.15, -0.1) is 0 Å². The van der Waals surface area contributed by atoms with Crippen LogP contribution in [0.5, 0.6) is 0 Å². The van der Waals surface area contributed by atoms with Crippen molar-refractivity contribution in [1.82, 2.24) is 5.32 Å². The van der Waals surface area contributed by atoms with Gasteiger partial charge in [0.05, 0.1) is 19.2 Å². The van der Waals surface area contributed by atoms with Crippen molar-refractivity contribution < 1.29 is 19.1 Å². The summed E-state index contributed by atoms with van der Waals surface area (Å²) >= 11 is 5.99. The van der Waals surface area contributed by atoms with Gasteiger partial charge in [0.25, 0.3) is 0 Å². The Morgan fingerprint density at radius 3 is 2.74 bits per heavy atom. The van der Waals surface area contributed by atoms with E-state index in [0.717, 1.165) is 5.56 Å². The monoisotopic (exact) mass is 336 g/mol. The van der Waals surface area contributed by atoms with E-state index in [1.165, 1.54) is 6.26 Å². The predicted molar refractivity (Wildman–Crippen MR) is 86.4 cm³/mol. The molecule has 1 aromatic carbocycles. The molecular weight excluding hydrogens is 320 g/mol. The van der Waals surface area contributed by atoms with Gasteiger partial charge < -0.3 is 14.8 Å². The Bertz CT molecular complexity index is 685. The molecule has 0 bridgehead atoms. The number of amides is 1. The summed E-state index contributed by atoms with van der Waals surface area (Å²) in [5.74, 6) is -0.911. The lowest BCUT2D eigenvalue weighted by atomic mass is 10.1. The Hall–Kier alpha value is -2.31. The highest BCUT2D eigenvalue weighted by Gasteiger charge is 2.21. The number of nitrogens with one attached hydrogen (secondary N) is 2. The van der Waals surface area contributed by atoms with Crippen LogP contribution in [0.1, 0.15) is 17.7 Å². The van der Waals surface area contributed by atoms with E-state index in [2.05, 4.69) is 10.6 Å². The number of rotatable bonds is 7. The number of hydrogen-bond donors (Lipinski definition) is 3. The van der Waals surface area contributed by atoms with Crippen LogP contribution in [0, 0.1) is 6.92 Å². The number of anilines is 1. The van der Waals surface area contributed by atoms with Crippen LogP contribution in [0.3, 0.4) is 0 Å². The van der Waals surface area contributed by atoms with Gasteiger partial charge in [-0.3, -0.25) is 14.9 Å². The molecule has 2 rings (SSSR count). The van der Waals surface area contributed by atoms with E-state index in [9.17, 15) is 14.7 Å². The van der Waals surface area contributed by atoms with Crippen molar-refractivity contribution in [3.05, 3.63) is 52.9 Å². The molecule has 122 valence electrons. The summed E-state index contributed by atoms with van der Waals surface area (Å²) in [5.41, 5.74) is 1.30. The minimum atomic E-state index is -1.10. The second kappa shape index (κ2) is 7.80. The number of halogens is 1. The lowest BCUT2D eigenvalue weighted by Gasteiger charge is -2.14. The van der Waals surface area contributed by atoms with Gasteiger partial charge in [0.1, 0.15) is 11.8 Å². The molecule has 0 spiro atoms. The van der Waals surface area contributed by atoms with Crippen LogP contribution < -0.4 is 10.6 Å². The van der Waals surface area contributed by atoms with E-state index in [-0.39, 0.29) is 13.0 Å². The Morgan fingerprint density at radius 2 is 2.09 bits per heavy atom. The van der Waals surface area contributed by atoms with Gasteiger partial charge >= 0.3 is 5.97 Å². The fourth-order valence-electron chi connectivity index (χ4n) is 2.01. The first-order chi connectivity index (χ1) is 11.0. The van der Waals surface area contributed by atoms with Crippen LogP contribution in [-0.4, -0.2) is 23.0 Å². The predicted octanol–water partition coefficient (Wildman–Crippen LogP) is 2.81. The molecule has 1 amide bonds. The molecular formula is C16H17ClN2O4. The topological polar surface area (TPSA) is 91.6 Å². The average Bonchev–Trinajstić information content (AvgIpc) is 3.01. The molecule has 0 aliphatic carbocycles. The summed E-state index contributed by atoms with van der Waals surface area (Å²) in [7, 11) is 0. The third-order valence-electron chi connectivity index (χ3n) is 3.33. The molecule has 0 radical (unpaired) electrons. The summed E-state index contributed by atoms with van der Waals surface area (Å²) in [6.45, 7) is 2.01. The average molecular weight is 337 g/mol. The second-order valence-electron chi connectivity index (χ2n) is 5.02. The number of carboxylic acid groups (broad SMARTS) is 1. The molecule has 0 aliphatic rings. The maximum absolute atomic E-state index is 12.1. The van der Waals surface area contributed by atoms with Crippen LogP contribution in [-0.2, 0) is 16.1 Å². The number of carboxylic acids is 1. The van der Waals surface area contributed by atoms with Gasteiger partial charge in [-0.2, -0.15) is 0 Å². The van der Waals surface area contributed by atoms with E-state index in [4.69, 9.17) is 16.0 Å². The van der Waals surface area contributed by atoms with E-state index < -0.39 is 17.9 Å². The van der Waals surface area contributed by atoms with Gasteiger partial charge in [0.2, 0.25) is 5.91 Å². The van der Waals surface area contributed by atoms with Crippen molar-refractivity contribution in [2.75, 3.05) is 5.32 Å². The van der Waals surface area contributed by atoms with Gasteiger partial charge in [-0.1, -0.05) is 17.7 Å². The largest absolute Gasteiger partial charge is 0.480 e. The summed E-state index contributed by atoms with van der Waals surface area (Å²) in [5, 5.41) is 15.2. The van der Waals surface area contributed by atoms with Crippen molar-refractivity contribution >= 4 is 29.2 Å². The van der Waals surface area contributed by atoms with Crippen LogP contribution >= 0.6 is 11.6 Å². The third kappa shape index (κ3) is 4.84. The molecule has 0 saturated carbocycles. The molecule has 2 aromatic rings. The minimum absolute atomic E-state index is 0.206. The molecule has 3 N–H and O–H groups in total. The summed E-state index contributed by atoms with van der Waals surface area (Å²) in [6.07, 6.45) is 1.30. The lowest BCUT2D eigenvalue weighted by molar-refractivity contribution is -0.141. The molecule has 1 atom stereocenters. The zero-order valence-corrected chi connectivity index (χ0v) is 13.3. The fourth-order valence-corrected chi connectivity index (χ4v) is 2.19. The second-order valence-corrected chi connectivity index (χ2v) is 5.42. The molecule has 1 heterocycles. The minimum Gasteiger partial charge on any atom is -0.480 e. The van der Waals surface area contributed by atoms with Crippen LogP contribution in [0.4, 0.5) is 5.69 Å².